The van der Waals surface area contributed by atoms with E-state index in [0.717, 1.165) is 12.0 Å². The van der Waals surface area contributed by atoms with Crippen molar-refractivity contribution < 1.29 is 9.90 Å². The zero-order chi connectivity index (χ0) is 23.1. The second-order valence-corrected chi connectivity index (χ2v) is 10.4. The van der Waals surface area contributed by atoms with Gasteiger partial charge in [0, 0.05) is 0 Å². The van der Waals surface area contributed by atoms with Gasteiger partial charge in [-0.1, -0.05) is 102 Å². The van der Waals surface area contributed by atoms with Gasteiger partial charge < -0.3 is 5.11 Å². The average Bonchev–Trinajstić information content (AvgIpc) is 2.70. The molecule has 170 valence electrons. The number of carbonyl (C=O) groups is 1. The van der Waals surface area contributed by atoms with Crippen LogP contribution in [0.25, 0.3) is 6.08 Å². The van der Waals surface area contributed by atoms with Crippen molar-refractivity contribution in [2.24, 2.45) is 0 Å². The molecule has 2 nitrogen and oxygen atoms in total. The quantitative estimate of drug-likeness (QED) is 0.305. The molecule has 1 aromatic carbocycles. The number of allylic oxidation sites excluding steroid dienone is 4. The maximum atomic E-state index is 10.7. The lowest BCUT2D eigenvalue weighted by Gasteiger charge is -2.42. The normalized spacial score (nSPS) is 17.9. The number of hydrogen-bond donors (Lipinski definition) is 1. The molecule has 0 saturated heterocycles. The monoisotopic (exact) mass is 422 g/mol. The molecule has 0 atom stereocenters. The molecule has 0 spiro atoms. The van der Waals surface area contributed by atoms with Crippen molar-refractivity contribution in [1.29, 1.82) is 0 Å². The molecule has 1 N–H and O–H groups in total. The predicted molar refractivity (Wildman–Crippen MR) is 134 cm³/mol. The Bertz CT molecular complexity index is 850. The summed E-state index contributed by atoms with van der Waals surface area (Å²) in [7, 11) is 0. The summed E-state index contributed by atoms with van der Waals surface area (Å²) in [6.45, 7) is 13.8. The standard InChI is InChI=1S/C29H42O2/c1-7-8-9-10-14-23-20-25-26(29(5,6)19-18-28(25,3)4)21-24(23)15-12-11-13-22(2)16-17-27(30)31/h11-13,15-16,20-21H,7-10,14,17-19H2,1-6H3,(H,30,31)/b13-11+,15-12+,22-16-. The number of aliphatic carboxylic acids is 1. The molecule has 0 amide bonds. The lowest BCUT2D eigenvalue weighted by molar-refractivity contribution is -0.136. The fourth-order valence-corrected chi connectivity index (χ4v) is 4.47. The Morgan fingerprint density at radius 2 is 1.65 bits per heavy atom. The van der Waals surface area contributed by atoms with Gasteiger partial charge in [-0.25, -0.2) is 0 Å². The van der Waals surface area contributed by atoms with Crippen LogP contribution in [0.3, 0.4) is 0 Å². The van der Waals surface area contributed by atoms with E-state index in [4.69, 9.17) is 5.11 Å². The van der Waals surface area contributed by atoms with Gasteiger partial charge in [0.05, 0.1) is 6.42 Å². The molecule has 0 radical (unpaired) electrons. The number of rotatable bonds is 10. The van der Waals surface area contributed by atoms with Crippen LogP contribution in [0.2, 0.25) is 0 Å². The van der Waals surface area contributed by atoms with E-state index in [2.05, 4.69) is 58.9 Å². The van der Waals surface area contributed by atoms with E-state index in [0.29, 0.717) is 0 Å². The molecule has 0 aromatic heterocycles. The Morgan fingerprint density at radius 3 is 2.26 bits per heavy atom. The van der Waals surface area contributed by atoms with Crippen LogP contribution in [0.4, 0.5) is 0 Å². The number of fused-ring (bicyclic) bond motifs is 1. The molecule has 1 aliphatic carbocycles. The summed E-state index contributed by atoms with van der Waals surface area (Å²) < 4.78 is 0. The highest BCUT2D eigenvalue weighted by Gasteiger charge is 2.37. The molecular formula is C29H42O2. The predicted octanol–water partition coefficient (Wildman–Crippen LogP) is 8.15. The molecule has 0 fully saturated rings. The third-order valence-electron chi connectivity index (χ3n) is 6.76. The zero-order valence-corrected chi connectivity index (χ0v) is 20.6. The lowest BCUT2D eigenvalue weighted by atomic mass is 9.62. The van der Waals surface area contributed by atoms with Crippen molar-refractivity contribution in [3.63, 3.8) is 0 Å². The van der Waals surface area contributed by atoms with Crippen LogP contribution in [0, 0.1) is 0 Å². The van der Waals surface area contributed by atoms with E-state index in [1.165, 1.54) is 60.8 Å². The fourth-order valence-electron chi connectivity index (χ4n) is 4.47. The summed E-state index contributed by atoms with van der Waals surface area (Å²) in [5.74, 6) is -0.796. The number of hydrogen-bond acceptors (Lipinski definition) is 1. The largest absolute Gasteiger partial charge is 0.481 e. The molecule has 1 aromatic rings. The molecular weight excluding hydrogens is 380 g/mol. The van der Waals surface area contributed by atoms with E-state index in [-0.39, 0.29) is 17.3 Å². The van der Waals surface area contributed by atoms with Gasteiger partial charge in [0.15, 0.2) is 0 Å². The second-order valence-electron chi connectivity index (χ2n) is 10.4. The molecule has 31 heavy (non-hydrogen) atoms. The van der Waals surface area contributed by atoms with Crippen molar-refractivity contribution in [3.8, 4) is 0 Å². The van der Waals surface area contributed by atoms with Gasteiger partial charge in [-0.2, -0.15) is 0 Å². The summed E-state index contributed by atoms with van der Waals surface area (Å²) in [6.07, 6.45) is 18.8. The minimum Gasteiger partial charge on any atom is -0.481 e. The Kier molecular flexibility index (Phi) is 8.91. The summed E-state index contributed by atoms with van der Waals surface area (Å²) >= 11 is 0. The number of aryl methyl sites for hydroxylation is 1. The number of carboxylic acid groups (broad SMARTS) is 1. The molecule has 2 rings (SSSR count). The van der Waals surface area contributed by atoms with Crippen molar-refractivity contribution in [3.05, 3.63) is 64.3 Å². The summed E-state index contributed by atoms with van der Waals surface area (Å²) in [5.41, 5.74) is 7.25. The van der Waals surface area contributed by atoms with Gasteiger partial charge in [-0.15, -0.1) is 0 Å². The van der Waals surface area contributed by atoms with Gasteiger partial charge in [-0.05, 0) is 65.7 Å². The smallest absolute Gasteiger partial charge is 0.307 e. The van der Waals surface area contributed by atoms with Crippen molar-refractivity contribution in [1.82, 2.24) is 0 Å². The molecule has 1 aliphatic rings. The van der Waals surface area contributed by atoms with Crippen LogP contribution in [0.1, 0.15) is 109 Å². The number of carboxylic acids is 1. The number of unbranched alkanes of at least 4 members (excludes halogenated alkanes) is 3. The van der Waals surface area contributed by atoms with Crippen LogP contribution in [0.5, 0.6) is 0 Å². The first-order valence-corrected chi connectivity index (χ1v) is 12.0. The highest BCUT2D eigenvalue weighted by atomic mass is 16.4. The van der Waals surface area contributed by atoms with Crippen LogP contribution in [-0.4, -0.2) is 11.1 Å². The fraction of sp³-hybridized carbons (Fsp3) is 0.552. The first-order chi connectivity index (χ1) is 14.6. The SMILES string of the molecule is CCCCCCc1cc2c(cc1/C=C/C=C/C(C)=C\CC(=O)O)C(C)(C)CCC2(C)C. The third kappa shape index (κ3) is 7.23. The van der Waals surface area contributed by atoms with Gasteiger partial charge >= 0.3 is 5.97 Å². The Labute approximate surface area is 190 Å². The average molecular weight is 423 g/mol. The topological polar surface area (TPSA) is 37.3 Å². The zero-order valence-electron chi connectivity index (χ0n) is 20.6. The van der Waals surface area contributed by atoms with E-state index < -0.39 is 5.97 Å². The Hall–Kier alpha value is -2.09. The molecule has 0 unspecified atom stereocenters. The molecule has 0 heterocycles. The van der Waals surface area contributed by atoms with Crippen LogP contribution >= 0.6 is 0 Å². The number of benzene rings is 1. The lowest BCUT2D eigenvalue weighted by Crippen LogP contribution is -2.34. The van der Waals surface area contributed by atoms with E-state index in [1.807, 2.05) is 19.1 Å². The Balaban J connectivity index is 2.35. The second kappa shape index (κ2) is 11.0. The maximum absolute atomic E-state index is 10.7. The van der Waals surface area contributed by atoms with Crippen molar-refractivity contribution >= 4 is 12.0 Å². The molecule has 0 bridgehead atoms. The molecule has 0 saturated carbocycles. The van der Waals surface area contributed by atoms with Crippen LogP contribution in [0.15, 0.2) is 42.0 Å². The highest BCUT2D eigenvalue weighted by molar-refractivity contribution is 5.69. The van der Waals surface area contributed by atoms with Crippen LogP contribution in [-0.2, 0) is 22.0 Å². The van der Waals surface area contributed by atoms with E-state index in [9.17, 15) is 4.79 Å². The van der Waals surface area contributed by atoms with E-state index >= 15 is 0 Å². The minimum absolute atomic E-state index is 0.0670. The van der Waals surface area contributed by atoms with Crippen molar-refractivity contribution in [2.75, 3.05) is 0 Å². The first-order valence-electron chi connectivity index (χ1n) is 12.0. The Morgan fingerprint density at radius 1 is 1.00 bits per heavy atom. The minimum atomic E-state index is -0.796. The summed E-state index contributed by atoms with van der Waals surface area (Å²) in [4.78, 5) is 10.7. The third-order valence-corrected chi connectivity index (χ3v) is 6.76. The van der Waals surface area contributed by atoms with Gasteiger partial charge in [0.2, 0.25) is 0 Å². The summed E-state index contributed by atoms with van der Waals surface area (Å²) in [6, 6.07) is 4.95. The van der Waals surface area contributed by atoms with Crippen LogP contribution < -0.4 is 0 Å². The first kappa shape index (κ1) is 25.2. The molecule has 0 aliphatic heterocycles. The van der Waals surface area contributed by atoms with Crippen molar-refractivity contribution in [2.45, 2.75) is 104 Å². The van der Waals surface area contributed by atoms with Gasteiger partial charge in [0.1, 0.15) is 0 Å². The van der Waals surface area contributed by atoms with Gasteiger partial charge in [0.25, 0.3) is 0 Å². The van der Waals surface area contributed by atoms with Gasteiger partial charge in [-0.3, -0.25) is 4.79 Å². The maximum Gasteiger partial charge on any atom is 0.307 e. The molecule has 2 heteroatoms. The highest BCUT2D eigenvalue weighted by Crippen LogP contribution is 2.46. The summed E-state index contributed by atoms with van der Waals surface area (Å²) in [5, 5.41) is 8.81. The van der Waals surface area contributed by atoms with E-state index in [1.54, 1.807) is 6.08 Å².